The second-order valence-electron chi connectivity index (χ2n) is 5.43. The molecule has 1 fully saturated rings. The Hall–Kier alpha value is -0.900. The van der Waals surface area contributed by atoms with Gasteiger partial charge in [0.05, 0.1) is 6.10 Å². The van der Waals surface area contributed by atoms with Crippen LogP contribution in [0.25, 0.3) is 0 Å². The van der Waals surface area contributed by atoms with E-state index >= 15 is 0 Å². The van der Waals surface area contributed by atoms with E-state index in [2.05, 4.69) is 10.1 Å². The molecule has 0 bridgehead atoms. The van der Waals surface area contributed by atoms with Gasteiger partial charge in [0, 0.05) is 13.0 Å². The molecule has 0 aliphatic heterocycles. The lowest BCUT2D eigenvalue weighted by atomic mass is 9.85. The Kier molecular flexibility index (Phi) is 5.17. The predicted molar refractivity (Wildman–Crippen MR) is 71.2 cm³/mol. The predicted octanol–water partition coefficient (Wildman–Crippen LogP) is 2.56. The second-order valence-corrected chi connectivity index (χ2v) is 5.43. The number of nitrogens with zero attached hydrogens (tertiary/aromatic N) is 3. The lowest BCUT2D eigenvalue weighted by Crippen LogP contribution is -2.17. The lowest BCUT2D eigenvalue weighted by molar-refractivity contribution is 0.146. The van der Waals surface area contributed by atoms with Gasteiger partial charge in [0.15, 0.2) is 0 Å². The number of aliphatic hydroxyl groups is 1. The van der Waals surface area contributed by atoms with Crippen molar-refractivity contribution >= 4 is 0 Å². The van der Waals surface area contributed by atoms with E-state index in [0.717, 1.165) is 24.7 Å². The average molecular weight is 251 g/mol. The standard InChI is InChI=1S/C14H25N3O/c1-2-17-14(15-11-16-17)10-13(18)9-8-12-6-4-3-5-7-12/h11-13,18H,2-10H2,1H3. The number of rotatable bonds is 6. The summed E-state index contributed by atoms with van der Waals surface area (Å²) in [4.78, 5) is 4.21. The van der Waals surface area contributed by atoms with Gasteiger partial charge in [-0.15, -0.1) is 0 Å². The van der Waals surface area contributed by atoms with Crippen LogP contribution in [0.4, 0.5) is 0 Å². The third kappa shape index (κ3) is 3.80. The first kappa shape index (κ1) is 13.5. The Labute approximate surface area is 109 Å². The summed E-state index contributed by atoms with van der Waals surface area (Å²) in [5.41, 5.74) is 0. The molecule has 1 aromatic heterocycles. The third-order valence-corrected chi connectivity index (χ3v) is 4.05. The summed E-state index contributed by atoms with van der Waals surface area (Å²) < 4.78 is 1.86. The van der Waals surface area contributed by atoms with Crippen molar-refractivity contribution in [2.45, 2.75) is 70.9 Å². The summed E-state index contributed by atoms with van der Waals surface area (Å²) in [5, 5.41) is 14.2. The molecular weight excluding hydrogens is 226 g/mol. The largest absolute Gasteiger partial charge is 0.393 e. The van der Waals surface area contributed by atoms with Crippen molar-refractivity contribution in [1.82, 2.24) is 14.8 Å². The number of aryl methyl sites for hydroxylation is 1. The molecule has 1 aliphatic carbocycles. The Morgan fingerprint density at radius 2 is 2.17 bits per heavy atom. The maximum absolute atomic E-state index is 10.1. The minimum Gasteiger partial charge on any atom is -0.393 e. The Morgan fingerprint density at radius 1 is 1.39 bits per heavy atom. The van der Waals surface area contributed by atoms with Crippen molar-refractivity contribution < 1.29 is 5.11 Å². The highest BCUT2D eigenvalue weighted by Gasteiger charge is 2.16. The van der Waals surface area contributed by atoms with Crippen LogP contribution in [0.1, 0.15) is 57.7 Å². The fourth-order valence-corrected chi connectivity index (χ4v) is 2.93. The molecule has 102 valence electrons. The van der Waals surface area contributed by atoms with Crippen LogP contribution in [0.5, 0.6) is 0 Å². The lowest BCUT2D eigenvalue weighted by Gasteiger charge is -2.22. The van der Waals surface area contributed by atoms with E-state index in [-0.39, 0.29) is 6.10 Å². The van der Waals surface area contributed by atoms with Crippen LogP contribution in [0.15, 0.2) is 6.33 Å². The van der Waals surface area contributed by atoms with Gasteiger partial charge in [-0.3, -0.25) is 4.68 Å². The summed E-state index contributed by atoms with van der Waals surface area (Å²) in [6, 6.07) is 0. The van der Waals surface area contributed by atoms with Gasteiger partial charge in [0.2, 0.25) is 0 Å². The minimum atomic E-state index is -0.263. The molecule has 1 N–H and O–H groups in total. The van der Waals surface area contributed by atoms with E-state index in [0.29, 0.717) is 6.42 Å². The number of aliphatic hydroxyl groups excluding tert-OH is 1. The Balaban J connectivity index is 1.72. The van der Waals surface area contributed by atoms with E-state index in [9.17, 15) is 5.11 Å². The van der Waals surface area contributed by atoms with E-state index in [1.54, 1.807) is 6.33 Å². The Bertz CT molecular complexity index is 345. The van der Waals surface area contributed by atoms with Gasteiger partial charge >= 0.3 is 0 Å². The van der Waals surface area contributed by atoms with Crippen molar-refractivity contribution in [3.63, 3.8) is 0 Å². The molecule has 0 saturated heterocycles. The van der Waals surface area contributed by atoms with E-state index < -0.39 is 0 Å². The van der Waals surface area contributed by atoms with Crippen LogP contribution in [-0.2, 0) is 13.0 Å². The molecule has 18 heavy (non-hydrogen) atoms. The van der Waals surface area contributed by atoms with Crippen LogP contribution < -0.4 is 0 Å². The zero-order valence-corrected chi connectivity index (χ0v) is 11.4. The zero-order chi connectivity index (χ0) is 12.8. The molecule has 0 amide bonds. The first-order chi connectivity index (χ1) is 8.79. The van der Waals surface area contributed by atoms with Crippen molar-refractivity contribution in [2.75, 3.05) is 0 Å². The number of aromatic nitrogens is 3. The summed E-state index contributed by atoms with van der Waals surface area (Å²) >= 11 is 0. The van der Waals surface area contributed by atoms with Crippen LogP contribution in [-0.4, -0.2) is 26.0 Å². The molecule has 1 aliphatic rings. The van der Waals surface area contributed by atoms with Crippen LogP contribution >= 0.6 is 0 Å². The highest BCUT2D eigenvalue weighted by molar-refractivity contribution is 4.87. The van der Waals surface area contributed by atoms with Crippen molar-refractivity contribution in [3.05, 3.63) is 12.2 Å². The smallest absolute Gasteiger partial charge is 0.138 e. The van der Waals surface area contributed by atoms with Gasteiger partial charge < -0.3 is 5.11 Å². The molecule has 1 heterocycles. The molecule has 0 radical (unpaired) electrons. The van der Waals surface area contributed by atoms with Crippen molar-refractivity contribution in [1.29, 1.82) is 0 Å². The van der Waals surface area contributed by atoms with Gasteiger partial charge in [-0.25, -0.2) is 4.98 Å². The monoisotopic (exact) mass is 251 g/mol. The number of hydrogen-bond acceptors (Lipinski definition) is 3. The first-order valence-corrected chi connectivity index (χ1v) is 7.34. The van der Waals surface area contributed by atoms with Gasteiger partial charge in [-0.05, 0) is 25.7 Å². The SMILES string of the molecule is CCn1ncnc1CC(O)CCC1CCCCC1. The molecule has 0 aromatic carbocycles. The van der Waals surface area contributed by atoms with Gasteiger partial charge in [-0.2, -0.15) is 5.10 Å². The van der Waals surface area contributed by atoms with E-state index in [1.807, 2.05) is 11.6 Å². The molecule has 1 unspecified atom stereocenters. The summed E-state index contributed by atoms with van der Waals surface area (Å²) in [5.74, 6) is 1.76. The van der Waals surface area contributed by atoms with Crippen molar-refractivity contribution in [2.24, 2.45) is 5.92 Å². The summed E-state index contributed by atoms with van der Waals surface area (Å²) in [6.07, 6.45) is 10.9. The van der Waals surface area contributed by atoms with Gasteiger partial charge in [0.25, 0.3) is 0 Å². The molecule has 4 nitrogen and oxygen atoms in total. The third-order valence-electron chi connectivity index (χ3n) is 4.05. The molecule has 2 rings (SSSR count). The highest BCUT2D eigenvalue weighted by atomic mass is 16.3. The van der Waals surface area contributed by atoms with Gasteiger partial charge in [-0.1, -0.05) is 32.1 Å². The first-order valence-electron chi connectivity index (χ1n) is 7.34. The molecular formula is C14H25N3O. The molecule has 1 atom stereocenters. The minimum absolute atomic E-state index is 0.263. The average Bonchev–Trinajstić information content (AvgIpc) is 2.85. The van der Waals surface area contributed by atoms with Crippen LogP contribution in [0, 0.1) is 5.92 Å². The normalized spacial score (nSPS) is 19.0. The fraction of sp³-hybridized carbons (Fsp3) is 0.857. The molecule has 1 aromatic rings. The zero-order valence-electron chi connectivity index (χ0n) is 11.4. The highest BCUT2D eigenvalue weighted by Crippen LogP contribution is 2.27. The van der Waals surface area contributed by atoms with E-state index in [1.165, 1.54) is 38.5 Å². The number of hydrogen-bond donors (Lipinski definition) is 1. The summed E-state index contributed by atoms with van der Waals surface area (Å²) in [6.45, 7) is 2.87. The maximum Gasteiger partial charge on any atom is 0.138 e. The summed E-state index contributed by atoms with van der Waals surface area (Å²) in [7, 11) is 0. The molecule has 4 heteroatoms. The van der Waals surface area contributed by atoms with E-state index in [4.69, 9.17) is 0 Å². The van der Waals surface area contributed by atoms with Crippen LogP contribution in [0.3, 0.4) is 0 Å². The molecule has 1 saturated carbocycles. The van der Waals surface area contributed by atoms with Crippen molar-refractivity contribution in [3.8, 4) is 0 Å². The van der Waals surface area contributed by atoms with Gasteiger partial charge in [0.1, 0.15) is 12.2 Å². The molecule has 0 spiro atoms. The Morgan fingerprint density at radius 3 is 2.89 bits per heavy atom. The topological polar surface area (TPSA) is 50.9 Å². The quantitative estimate of drug-likeness (QED) is 0.845. The fourth-order valence-electron chi connectivity index (χ4n) is 2.93. The maximum atomic E-state index is 10.1. The van der Waals surface area contributed by atoms with Crippen LogP contribution in [0.2, 0.25) is 0 Å². The second kappa shape index (κ2) is 6.88.